The molecule has 0 fully saturated rings. The smallest absolute Gasteiger partial charge is 0.178 e. The maximum atomic E-state index is 9.34. The lowest BCUT2D eigenvalue weighted by molar-refractivity contribution is -0.0424. The molecule has 5 aromatic rings. The van der Waals surface area contributed by atoms with Crippen molar-refractivity contribution in [2.75, 3.05) is 10.2 Å². The molecule has 0 aliphatic heterocycles. The second kappa shape index (κ2) is 10.3. The zero-order valence-electron chi connectivity index (χ0n) is 19.1. The van der Waals surface area contributed by atoms with Gasteiger partial charge in [0.1, 0.15) is 0 Å². The third kappa shape index (κ3) is 5.09. The molecule has 0 saturated carbocycles. The molecule has 172 valence electrons. The van der Waals surface area contributed by atoms with Gasteiger partial charge in [0.2, 0.25) is 0 Å². The lowest BCUT2D eigenvalue weighted by Crippen LogP contribution is -2.09. The molecule has 0 unspecified atom stereocenters. The number of nitrogens with one attached hydrogen (secondary N) is 1. The molecule has 0 radical (unpaired) electrons. The number of para-hydroxylation sites is 3. The van der Waals surface area contributed by atoms with E-state index in [1.165, 1.54) is 0 Å². The predicted octanol–water partition coefficient (Wildman–Crippen LogP) is 7.55. The molecule has 0 aromatic heterocycles. The lowest BCUT2D eigenvalue weighted by atomic mass is 10.0. The summed E-state index contributed by atoms with van der Waals surface area (Å²) in [6.45, 7) is 0. The van der Waals surface area contributed by atoms with E-state index in [0.717, 1.165) is 39.6 Å². The SMILES string of the molecule is OC(O)c1ccc(Nc2ccccc2-c2ccc(N(c3ccccc3)c3ccccc3)cc2)cc1. The van der Waals surface area contributed by atoms with Crippen molar-refractivity contribution >= 4 is 28.4 Å². The van der Waals surface area contributed by atoms with E-state index in [1.54, 1.807) is 12.1 Å². The molecule has 0 heterocycles. The molecule has 0 spiro atoms. The topological polar surface area (TPSA) is 55.7 Å². The van der Waals surface area contributed by atoms with Crippen molar-refractivity contribution in [2.24, 2.45) is 0 Å². The highest BCUT2D eigenvalue weighted by Crippen LogP contribution is 2.36. The van der Waals surface area contributed by atoms with E-state index in [1.807, 2.05) is 42.5 Å². The van der Waals surface area contributed by atoms with Gasteiger partial charge in [0.25, 0.3) is 0 Å². The van der Waals surface area contributed by atoms with Crippen molar-refractivity contribution in [1.82, 2.24) is 0 Å². The van der Waals surface area contributed by atoms with Gasteiger partial charge in [0.05, 0.1) is 0 Å². The summed E-state index contributed by atoms with van der Waals surface area (Å²) in [5.41, 5.74) is 7.76. The Morgan fingerprint density at radius 3 is 1.60 bits per heavy atom. The van der Waals surface area contributed by atoms with Crippen LogP contribution in [-0.2, 0) is 0 Å². The van der Waals surface area contributed by atoms with Crippen LogP contribution in [0.5, 0.6) is 0 Å². The molecule has 5 aromatic carbocycles. The summed E-state index contributed by atoms with van der Waals surface area (Å²) in [4.78, 5) is 2.24. The largest absolute Gasteiger partial charge is 0.364 e. The van der Waals surface area contributed by atoms with Crippen molar-refractivity contribution in [3.63, 3.8) is 0 Å². The van der Waals surface area contributed by atoms with Crippen LogP contribution in [0.4, 0.5) is 28.4 Å². The van der Waals surface area contributed by atoms with Gasteiger partial charge in [-0.05, 0) is 60.2 Å². The van der Waals surface area contributed by atoms with Gasteiger partial charge in [-0.3, -0.25) is 0 Å². The van der Waals surface area contributed by atoms with Gasteiger partial charge < -0.3 is 20.4 Å². The van der Waals surface area contributed by atoms with Crippen molar-refractivity contribution in [1.29, 1.82) is 0 Å². The van der Waals surface area contributed by atoms with Gasteiger partial charge in [-0.25, -0.2) is 0 Å². The number of nitrogens with zero attached hydrogens (tertiary/aromatic N) is 1. The molecule has 0 bridgehead atoms. The molecule has 0 aliphatic carbocycles. The third-order valence-corrected chi connectivity index (χ3v) is 5.88. The molecule has 0 saturated heterocycles. The number of hydrogen-bond acceptors (Lipinski definition) is 4. The fourth-order valence-corrected chi connectivity index (χ4v) is 4.13. The Balaban J connectivity index is 1.46. The van der Waals surface area contributed by atoms with Crippen LogP contribution in [0, 0.1) is 0 Å². The minimum atomic E-state index is -1.47. The second-order valence-corrected chi connectivity index (χ2v) is 8.22. The summed E-state index contributed by atoms with van der Waals surface area (Å²) >= 11 is 0. The molecular weight excluding hydrogens is 432 g/mol. The average Bonchev–Trinajstić information content (AvgIpc) is 2.91. The van der Waals surface area contributed by atoms with E-state index in [2.05, 4.69) is 89.1 Å². The molecule has 0 atom stereocenters. The normalized spacial score (nSPS) is 10.8. The monoisotopic (exact) mass is 458 g/mol. The molecule has 0 amide bonds. The molecule has 0 aliphatic rings. The van der Waals surface area contributed by atoms with Crippen LogP contribution in [0.25, 0.3) is 11.1 Å². The number of aliphatic hydroxyl groups is 2. The molecule has 5 rings (SSSR count). The maximum absolute atomic E-state index is 9.34. The molecular formula is C31H26N2O2. The van der Waals surface area contributed by atoms with Crippen LogP contribution in [0.2, 0.25) is 0 Å². The van der Waals surface area contributed by atoms with Crippen LogP contribution in [0.3, 0.4) is 0 Å². The van der Waals surface area contributed by atoms with E-state index < -0.39 is 6.29 Å². The number of hydrogen-bond donors (Lipinski definition) is 3. The Morgan fingerprint density at radius 2 is 1.03 bits per heavy atom. The van der Waals surface area contributed by atoms with Crippen molar-refractivity contribution in [2.45, 2.75) is 6.29 Å². The Bertz CT molecular complexity index is 1330. The minimum absolute atomic E-state index is 0.459. The highest BCUT2D eigenvalue weighted by atomic mass is 16.5. The van der Waals surface area contributed by atoms with Gasteiger partial charge in [-0.2, -0.15) is 0 Å². The molecule has 4 heteroatoms. The van der Waals surface area contributed by atoms with Gasteiger partial charge >= 0.3 is 0 Å². The van der Waals surface area contributed by atoms with E-state index >= 15 is 0 Å². The summed E-state index contributed by atoms with van der Waals surface area (Å²) in [6.07, 6.45) is -1.47. The van der Waals surface area contributed by atoms with Crippen LogP contribution < -0.4 is 10.2 Å². The lowest BCUT2D eigenvalue weighted by Gasteiger charge is -2.25. The fraction of sp³-hybridized carbons (Fsp3) is 0.0323. The standard InChI is InChI=1S/C31H26N2O2/c34-31(35)24-15-19-25(20-16-24)32-30-14-8-7-13-29(30)23-17-21-28(22-18-23)33(26-9-3-1-4-10-26)27-11-5-2-6-12-27/h1-22,31-32,34-35H. The quantitative estimate of drug-likeness (QED) is 0.220. The number of anilines is 5. The van der Waals surface area contributed by atoms with Crippen molar-refractivity contribution < 1.29 is 10.2 Å². The van der Waals surface area contributed by atoms with Gasteiger partial charge in [0, 0.05) is 39.6 Å². The summed E-state index contributed by atoms with van der Waals surface area (Å²) in [5, 5.41) is 22.1. The van der Waals surface area contributed by atoms with Crippen LogP contribution >= 0.6 is 0 Å². The highest BCUT2D eigenvalue weighted by molar-refractivity contribution is 5.83. The number of benzene rings is 5. The fourth-order valence-electron chi connectivity index (χ4n) is 4.13. The van der Waals surface area contributed by atoms with Crippen molar-refractivity contribution in [3.05, 3.63) is 139 Å². The minimum Gasteiger partial charge on any atom is -0.364 e. The highest BCUT2D eigenvalue weighted by Gasteiger charge is 2.13. The number of rotatable bonds is 7. The second-order valence-electron chi connectivity index (χ2n) is 8.22. The van der Waals surface area contributed by atoms with Crippen LogP contribution in [-0.4, -0.2) is 10.2 Å². The molecule has 3 N–H and O–H groups in total. The number of aliphatic hydroxyl groups excluding tert-OH is 1. The summed E-state index contributed by atoms with van der Waals surface area (Å²) < 4.78 is 0. The Labute approximate surface area is 205 Å². The first-order valence-electron chi connectivity index (χ1n) is 11.5. The Hall–Kier alpha value is -4.38. The van der Waals surface area contributed by atoms with Gasteiger partial charge in [-0.15, -0.1) is 0 Å². The van der Waals surface area contributed by atoms with Crippen LogP contribution in [0.1, 0.15) is 11.9 Å². The first-order valence-corrected chi connectivity index (χ1v) is 11.5. The first kappa shape index (κ1) is 22.4. The molecule has 4 nitrogen and oxygen atoms in total. The van der Waals surface area contributed by atoms with Crippen molar-refractivity contribution in [3.8, 4) is 11.1 Å². The Kier molecular flexibility index (Phi) is 6.57. The predicted molar refractivity (Wildman–Crippen MR) is 143 cm³/mol. The zero-order valence-corrected chi connectivity index (χ0v) is 19.1. The van der Waals surface area contributed by atoms with E-state index in [0.29, 0.717) is 5.56 Å². The first-order chi connectivity index (χ1) is 17.2. The van der Waals surface area contributed by atoms with Crippen LogP contribution in [0.15, 0.2) is 133 Å². The van der Waals surface area contributed by atoms with Gasteiger partial charge in [0.15, 0.2) is 6.29 Å². The van der Waals surface area contributed by atoms with E-state index in [4.69, 9.17) is 0 Å². The van der Waals surface area contributed by atoms with E-state index in [-0.39, 0.29) is 0 Å². The summed E-state index contributed by atoms with van der Waals surface area (Å²) in [5.74, 6) is 0. The van der Waals surface area contributed by atoms with E-state index in [9.17, 15) is 10.2 Å². The summed E-state index contributed by atoms with van der Waals surface area (Å²) in [6, 6.07) is 44.5. The third-order valence-electron chi connectivity index (χ3n) is 5.88. The molecule has 35 heavy (non-hydrogen) atoms. The maximum Gasteiger partial charge on any atom is 0.178 e. The average molecular weight is 459 g/mol. The Morgan fingerprint density at radius 1 is 0.514 bits per heavy atom. The van der Waals surface area contributed by atoms with Gasteiger partial charge in [-0.1, -0.05) is 78.9 Å². The summed E-state index contributed by atoms with van der Waals surface area (Å²) in [7, 11) is 0. The zero-order chi connectivity index (χ0) is 24.0.